The topological polar surface area (TPSA) is 39.7 Å². The van der Waals surface area contributed by atoms with Crippen LogP contribution in [0.25, 0.3) is 0 Å². The van der Waals surface area contributed by atoms with Crippen LogP contribution in [0.3, 0.4) is 0 Å². The van der Waals surface area contributed by atoms with Gasteiger partial charge in [-0.1, -0.05) is 36.4 Å². The van der Waals surface area contributed by atoms with Crippen LogP contribution in [0, 0.1) is 0 Å². The van der Waals surface area contributed by atoms with Crippen molar-refractivity contribution in [2.75, 3.05) is 27.2 Å². The molecule has 0 aliphatic rings. The zero-order valence-electron chi connectivity index (χ0n) is 14.0. The van der Waals surface area contributed by atoms with Crippen LogP contribution < -0.4 is 10.6 Å². The van der Waals surface area contributed by atoms with Gasteiger partial charge >= 0.3 is 0 Å². The van der Waals surface area contributed by atoms with E-state index < -0.39 is 0 Å². The molecule has 0 aliphatic carbocycles. The van der Waals surface area contributed by atoms with Crippen LogP contribution in [0.1, 0.15) is 16.9 Å². The monoisotopic (exact) mass is 330 g/mol. The zero-order valence-corrected chi connectivity index (χ0v) is 14.8. The molecule has 1 heterocycles. The molecule has 4 nitrogen and oxygen atoms in total. The van der Waals surface area contributed by atoms with Gasteiger partial charge in [0, 0.05) is 25.0 Å². The number of benzene rings is 1. The van der Waals surface area contributed by atoms with Crippen molar-refractivity contribution >= 4 is 17.3 Å². The second kappa shape index (κ2) is 10.0. The first-order valence-electron chi connectivity index (χ1n) is 7.97. The average molecular weight is 331 g/mol. The van der Waals surface area contributed by atoms with Gasteiger partial charge in [-0.3, -0.25) is 4.99 Å². The molecular weight excluding hydrogens is 304 g/mol. The Morgan fingerprint density at radius 3 is 2.65 bits per heavy atom. The predicted octanol–water partition coefficient (Wildman–Crippen LogP) is 2.94. The summed E-state index contributed by atoms with van der Waals surface area (Å²) in [5.41, 5.74) is 1.36. The van der Waals surface area contributed by atoms with Gasteiger partial charge in [-0.2, -0.15) is 0 Å². The fraction of sp³-hybridized carbons (Fsp3) is 0.389. The van der Waals surface area contributed by atoms with E-state index >= 15 is 0 Å². The molecule has 0 bridgehead atoms. The minimum atomic E-state index is 0.825. The maximum Gasteiger partial charge on any atom is 0.191 e. The molecule has 0 spiro atoms. The zero-order chi connectivity index (χ0) is 16.3. The number of thiophene rings is 1. The summed E-state index contributed by atoms with van der Waals surface area (Å²) in [6.07, 6.45) is 1.09. The maximum atomic E-state index is 4.26. The molecule has 2 rings (SSSR count). The molecule has 0 amide bonds. The first-order valence-corrected chi connectivity index (χ1v) is 8.85. The largest absolute Gasteiger partial charge is 0.356 e. The van der Waals surface area contributed by atoms with Gasteiger partial charge in [0.1, 0.15) is 0 Å². The lowest BCUT2D eigenvalue weighted by Gasteiger charge is -2.17. The average Bonchev–Trinajstić information content (AvgIpc) is 3.08. The van der Waals surface area contributed by atoms with E-state index in [1.54, 1.807) is 11.3 Å². The van der Waals surface area contributed by atoms with Crippen LogP contribution in [0.15, 0.2) is 52.8 Å². The smallest absolute Gasteiger partial charge is 0.191 e. The van der Waals surface area contributed by atoms with Gasteiger partial charge in [0.15, 0.2) is 5.96 Å². The van der Waals surface area contributed by atoms with Crippen molar-refractivity contribution in [2.24, 2.45) is 4.99 Å². The SMILES string of the molecule is CN=C(NCCCN(C)Cc1ccccc1)NCc1cccs1. The Morgan fingerprint density at radius 2 is 1.96 bits per heavy atom. The summed E-state index contributed by atoms with van der Waals surface area (Å²) in [7, 11) is 3.97. The van der Waals surface area contributed by atoms with Gasteiger partial charge in [-0.15, -0.1) is 11.3 Å². The van der Waals surface area contributed by atoms with Gasteiger partial charge in [0.25, 0.3) is 0 Å². The van der Waals surface area contributed by atoms with E-state index in [0.717, 1.165) is 38.6 Å². The molecule has 0 saturated carbocycles. The quantitative estimate of drug-likeness (QED) is 0.444. The van der Waals surface area contributed by atoms with Crippen LogP contribution >= 0.6 is 11.3 Å². The minimum Gasteiger partial charge on any atom is -0.356 e. The van der Waals surface area contributed by atoms with E-state index in [4.69, 9.17) is 0 Å². The van der Waals surface area contributed by atoms with Crippen LogP contribution in [-0.4, -0.2) is 38.0 Å². The molecule has 1 aromatic carbocycles. The Morgan fingerprint density at radius 1 is 1.13 bits per heavy atom. The molecule has 0 radical (unpaired) electrons. The number of hydrogen-bond acceptors (Lipinski definition) is 3. The molecule has 0 atom stereocenters. The standard InChI is InChI=1S/C18H26N4S/c1-19-18(21-14-17-10-6-13-23-17)20-11-7-12-22(2)15-16-8-4-3-5-9-16/h3-6,8-10,13H,7,11-12,14-15H2,1-2H3,(H2,19,20,21). The van der Waals surface area contributed by atoms with E-state index in [-0.39, 0.29) is 0 Å². The number of rotatable bonds is 8. The lowest BCUT2D eigenvalue weighted by Crippen LogP contribution is -2.38. The summed E-state index contributed by atoms with van der Waals surface area (Å²) < 4.78 is 0. The third kappa shape index (κ3) is 6.84. The molecule has 5 heteroatoms. The Bertz CT molecular complexity index is 566. The van der Waals surface area contributed by atoms with Crippen LogP contribution in [-0.2, 0) is 13.1 Å². The van der Waals surface area contributed by atoms with E-state index in [9.17, 15) is 0 Å². The highest BCUT2D eigenvalue weighted by Crippen LogP contribution is 2.07. The number of hydrogen-bond donors (Lipinski definition) is 2. The summed E-state index contributed by atoms with van der Waals surface area (Å²) in [6.45, 7) is 3.80. The Hall–Kier alpha value is -1.85. The Labute approximate surface area is 143 Å². The summed E-state index contributed by atoms with van der Waals surface area (Å²) in [5, 5.41) is 8.80. The second-order valence-corrected chi connectivity index (χ2v) is 6.54. The highest BCUT2D eigenvalue weighted by molar-refractivity contribution is 7.09. The molecule has 0 aliphatic heterocycles. The van der Waals surface area contributed by atoms with Crippen molar-refractivity contribution in [2.45, 2.75) is 19.5 Å². The third-order valence-electron chi connectivity index (χ3n) is 3.54. The van der Waals surface area contributed by atoms with Crippen molar-refractivity contribution in [1.82, 2.24) is 15.5 Å². The lowest BCUT2D eigenvalue weighted by atomic mass is 10.2. The van der Waals surface area contributed by atoms with Gasteiger partial charge in [-0.25, -0.2) is 0 Å². The molecule has 23 heavy (non-hydrogen) atoms. The summed E-state index contributed by atoms with van der Waals surface area (Å²) >= 11 is 1.76. The fourth-order valence-corrected chi connectivity index (χ4v) is 2.98. The van der Waals surface area contributed by atoms with E-state index in [0.29, 0.717) is 0 Å². The first kappa shape index (κ1) is 17.5. The van der Waals surface area contributed by atoms with E-state index in [1.165, 1.54) is 10.4 Å². The van der Waals surface area contributed by atoms with Crippen molar-refractivity contribution in [3.63, 3.8) is 0 Å². The van der Waals surface area contributed by atoms with Crippen LogP contribution in [0.4, 0.5) is 0 Å². The van der Waals surface area contributed by atoms with Gasteiger partial charge in [0.05, 0.1) is 6.54 Å². The molecule has 0 saturated heterocycles. The Kier molecular flexibility index (Phi) is 7.63. The molecule has 0 unspecified atom stereocenters. The molecule has 1 aromatic heterocycles. The molecule has 2 aromatic rings. The predicted molar refractivity (Wildman–Crippen MR) is 99.9 cm³/mol. The van der Waals surface area contributed by atoms with Crippen molar-refractivity contribution in [1.29, 1.82) is 0 Å². The summed E-state index contributed by atoms with van der Waals surface area (Å²) in [6, 6.07) is 14.8. The van der Waals surface area contributed by atoms with E-state index in [2.05, 4.69) is 75.4 Å². The van der Waals surface area contributed by atoms with Crippen molar-refractivity contribution < 1.29 is 0 Å². The highest BCUT2D eigenvalue weighted by Gasteiger charge is 2.01. The summed E-state index contributed by atoms with van der Waals surface area (Å²) in [5.74, 6) is 0.865. The van der Waals surface area contributed by atoms with Crippen LogP contribution in [0.2, 0.25) is 0 Å². The van der Waals surface area contributed by atoms with Gasteiger partial charge in [-0.05, 0) is 37.0 Å². The van der Waals surface area contributed by atoms with Gasteiger partial charge < -0.3 is 15.5 Å². The van der Waals surface area contributed by atoms with Gasteiger partial charge in [0.2, 0.25) is 0 Å². The van der Waals surface area contributed by atoms with Crippen molar-refractivity contribution in [3.05, 3.63) is 58.3 Å². The third-order valence-corrected chi connectivity index (χ3v) is 4.41. The molecule has 124 valence electrons. The Balaban J connectivity index is 1.59. The highest BCUT2D eigenvalue weighted by atomic mass is 32.1. The number of nitrogens with one attached hydrogen (secondary N) is 2. The number of aliphatic imine (C=N–C) groups is 1. The molecule has 2 N–H and O–H groups in total. The molecule has 0 fully saturated rings. The van der Waals surface area contributed by atoms with Crippen molar-refractivity contribution in [3.8, 4) is 0 Å². The normalized spacial score (nSPS) is 11.7. The minimum absolute atomic E-state index is 0.825. The first-order chi connectivity index (χ1) is 11.3. The lowest BCUT2D eigenvalue weighted by molar-refractivity contribution is 0.322. The molecular formula is C18H26N4S. The second-order valence-electron chi connectivity index (χ2n) is 5.51. The number of guanidine groups is 1. The summed E-state index contributed by atoms with van der Waals surface area (Å²) in [4.78, 5) is 7.92. The maximum absolute atomic E-state index is 4.26. The fourth-order valence-electron chi connectivity index (χ4n) is 2.33. The van der Waals surface area contributed by atoms with Crippen LogP contribution in [0.5, 0.6) is 0 Å². The van der Waals surface area contributed by atoms with E-state index in [1.807, 2.05) is 7.05 Å². The number of nitrogens with zero attached hydrogens (tertiary/aromatic N) is 2.